The van der Waals surface area contributed by atoms with Gasteiger partial charge in [-0.2, -0.15) is 0 Å². The number of aliphatic hydroxyl groups is 2. The van der Waals surface area contributed by atoms with Crippen LogP contribution in [-0.2, 0) is 11.3 Å². The quantitative estimate of drug-likeness (QED) is 0.620. The van der Waals surface area contributed by atoms with Crippen molar-refractivity contribution in [2.75, 3.05) is 19.7 Å². The van der Waals surface area contributed by atoms with E-state index in [0.717, 1.165) is 5.76 Å². The Bertz CT molecular complexity index is 292. The summed E-state index contributed by atoms with van der Waals surface area (Å²) < 4.78 is 10.4. The molecule has 1 unspecified atom stereocenters. The lowest BCUT2D eigenvalue weighted by Gasteiger charge is -2.19. The van der Waals surface area contributed by atoms with E-state index in [9.17, 15) is 10.2 Å². The molecule has 17 heavy (non-hydrogen) atoms. The first-order valence-electron chi connectivity index (χ1n) is 5.69. The molecular formula is C12H21NO4. The zero-order valence-electron chi connectivity index (χ0n) is 10.3. The zero-order valence-corrected chi connectivity index (χ0v) is 10.3. The van der Waals surface area contributed by atoms with Crippen LogP contribution in [0.15, 0.2) is 22.8 Å². The third-order valence-corrected chi connectivity index (χ3v) is 2.07. The van der Waals surface area contributed by atoms with Crippen LogP contribution in [0.5, 0.6) is 0 Å². The second-order valence-corrected chi connectivity index (χ2v) is 4.69. The minimum absolute atomic E-state index is 0.236. The van der Waals surface area contributed by atoms with Gasteiger partial charge >= 0.3 is 0 Å². The highest BCUT2D eigenvalue weighted by atomic mass is 16.5. The lowest BCUT2D eigenvalue weighted by molar-refractivity contribution is 0.0181. The molecule has 0 aliphatic rings. The van der Waals surface area contributed by atoms with Crippen molar-refractivity contribution in [2.45, 2.75) is 32.2 Å². The number of ether oxygens (including phenoxy) is 1. The van der Waals surface area contributed by atoms with Crippen LogP contribution < -0.4 is 5.32 Å². The van der Waals surface area contributed by atoms with E-state index in [1.807, 2.05) is 6.07 Å². The molecule has 0 saturated carbocycles. The number of hydrogen-bond donors (Lipinski definition) is 3. The molecule has 1 aromatic heterocycles. The summed E-state index contributed by atoms with van der Waals surface area (Å²) in [5, 5.41) is 22.0. The van der Waals surface area contributed by atoms with Crippen molar-refractivity contribution < 1.29 is 19.4 Å². The Kier molecular flexibility index (Phi) is 5.64. The Hall–Kier alpha value is -0.880. The number of furan rings is 1. The van der Waals surface area contributed by atoms with Gasteiger partial charge in [-0.25, -0.2) is 0 Å². The lowest BCUT2D eigenvalue weighted by atomic mass is 10.1. The van der Waals surface area contributed by atoms with E-state index in [2.05, 4.69) is 5.32 Å². The molecule has 5 nitrogen and oxygen atoms in total. The molecule has 0 aliphatic carbocycles. The topological polar surface area (TPSA) is 74.9 Å². The molecule has 1 atom stereocenters. The number of hydrogen-bond acceptors (Lipinski definition) is 5. The molecular weight excluding hydrogens is 222 g/mol. The standard InChI is InChI=1S/C12H21NO4/c1-12(2,15)9-13-6-10(14)7-16-8-11-4-3-5-17-11/h3-5,10,13-15H,6-9H2,1-2H3. The number of aliphatic hydroxyl groups excluding tert-OH is 1. The highest BCUT2D eigenvalue weighted by molar-refractivity contribution is 4.96. The fourth-order valence-electron chi connectivity index (χ4n) is 1.29. The first-order valence-corrected chi connectivity index (χ1v) is 5.69. The third kappa shape index (κ3) is 7.12. The molecule has 0 radical (unpaired) electrons. The second kappa shape index (κ2) is 6.76. The molecule has 1 aromatic rings. The van der Waals surface area contributed by atoms with Gasteiger partial charge in [-0.3, -0.25) is 0 Å². The molecule has 0 bridgehead atoms. The van der Waals surface area contributed by atoms with Crippen molar-refractivity contribution in [3.63, 3.8) is 0 Å². The Morgan fingerprint density at radius 3 is 2.88 bits per heavy atom. The van der Waals surface area contributed by atoms with Crippen molar-refractivity contribution >= 4 is 0 Å². The second-order valence-electron chi connectivity index (χ2n) is 4.69. The van der Waals surface area contributed by atoms with E-state index >= 15 is 0 Å². The van der Waals surface area contributed by atoms with E-state index in [0.29, 0.717) is 19.7 Å². The van der Waals surface area contributed by atoms with E-state index in [4.69, 9.17) is 9.15 Å². The highest BCUT2D eigenvalue weighted by Crippen LogP contribution is 2.02. The minimum Gasteiger partial charge on any atom is -0.467 e. The summed E-state index contributed by atoms with van der Waals surface area (Å²) in [7, 11) is 0. The van der Waals surface area contributed by atoms with Gasteiger partial charge in [0.25, 0.3) is 0 Å². The molecule has 1 rings (SSSR count). The predicted octanol–water partition coefficient (Wildman–Crippen LogP) is 0.518. The fraction of sp³-hybridized carbons (Fsp3) is 0.667. The van der Waals surface area contributed by atoms with E-state index in [1.54, 1.807) is 26.2 Å². The van der Waals surface area contributed by atoms with Crippen LogP contribution in [0.25, 0.3) is 0 Å². The van der Waals surface area contributed by atoms with Crippen LogP contribution in [-0.4, -0.2) is 41.6 Å². The smallest absolute Gasteiger partial charge is 0.129 e. The van der Waals surface area contributed by atoms with Crippen LogP contribution >= 0.6 is 0 Å². The maximum Gasteiger partial charge on any atom is 0.129 e. The van der Waals surface area contributed by atoms with Crippen LogP contribution in [0, 0.1) is 0 Å². The average Bonchev–Trinajstić information content (AvgIpc) is 2.68. The molecule has 0 saturated heterocycles. The Labute approximate surface area is 101 Å². The van der Waals surface area contributed by atoms with Crippen molar-refractivity contribution in [1.82, 2.24) is 5.32 Å². The maximum absolute atomic E-state index is 9.57. The Balaban J connectivity index is 2.03. The summed E-state index contributed by atoms with van der Waals surface area (Å²) in [6, 6.07) is 3.61. The van der Waals surface area contributed by atoms with E-state index in [1.165, 1.54) is 0 Å². The van der Waals surface area contributed by atoms with Crippen LogP contribution in [0.2, 0.25) is 0 Å². The lowest BCUT2D eigenvalue weighted by Crippen LogP contribution is -2.39. The van der Waals surface area contributed by atoms with Gasteiger partial charge < -0.3 is 24.7 Å². The van der Waals surface area contributed by atoms with Crippen molar-refractivity contribution in [3.8, 4) is 0 Å². The summed E-state index contributed by atoms with van der Waals surface area (Å²) in [6.45, 7) is 4.83. The largest absolute Gasteiger partial charge is 0.467 e. The van der Waals surface area contributed by atoms with Crippen molar-refractivity contribution in [3.05, 3.63) is 24.2 Å². The van der Waals surface area contributed by atoms with Crippen LogP contribution in [0.4, 0.5) is 0 Å². The summed E-state index contributed by atoms with van der Waals surface area (Å²) in [4.78, 5) is 0. The predicted molar refractivity (Wildman–Crippen MR) is 63.5 cm³/mol. The minimum atomic E-state index is -0.769. The van der Waals surface area contributed by atoms with E-state index < -0.39 is 11.7 Å². The number of nitrogens with one attached hydrogen (secondary N) is 1. The van der Waals surface area contributed by atoms with Gasteiger partial charge in [0.1, 0.15) is 12.4 Å². The molecule has 1 heterocycles. The molecule has 0 spiro atoms. The zero-order chi connectivity index (χ0) is 12.7. The Morgan fingerprint density at radius 1 is 1.53 bits per heavy atom. The highest BCUT2D eigenvalue weighted by Gasteiger charge is 2.12. The molecule has 98 valence electrons. The van der Waals surface area contributed by atoms with Gasteiger partial charge in [0.15, 0.2) is 0 Å². The summed E-state index contributed by atoms with van der Waals surface area (Å²) in [5.41, 5.74) is -0.769. The van der Waals surface area contributed by atoms with Gasteiger partial charge in [-0.15, -0.1) is 0 Å². The third-order valence-electron chi connectivity index (χ3n) is 2.07. The first kappa shape index (κ1) is 14.2. The van der Waals surface area contributed by atoms with Crippen molar-refractivity contribution in [2.24, 2.45) is 0 Å². The summed E-state index contributed by atoms with van der Waals surface area (Å²) in [6.07, 6.45) is 0.993. The molecule has 0 aliphatic heterocycles. The Morgan fingerprint density at radius 2 is 2.29 bits per heavy atom. The van der Waals surface area contributed by atoms with Crippen molar-refractivity contribution in [1.29, 1.82) is 0 Å². The molecule has 3 N–H and O–H groups in total. The number of rotatable bonds is 8. The summed E-state index contributed by atoms with van der Waals surface area (Å²) >= 11 is 0. The molecule has 0 aromatic carbocycles. The molecule has 5 heteroatoms. The SMILES string of the molecule is CC(C)(O)CNCC(O)COCc1ccco1. The average molecular weight is 243 g/mol. The van der Waals surface area contributed by atoms with Gasteiger partial charge in [-0.1, -0.05) is 0 Å². The maximum atomic E-state index is 9.57. The van der Waals surface area contributed by atoms with Crippen LogP contribution in [0.3, 0.4) is 0 Å². The molecule has 0 amide bonds. The molecule has 0 fully saturated rings. The van der Waals surface area contributed by atoms with E-state index in [-0.39, 0.29) is 6.61 Å². The van der Waals surface area contributed by atoms with Gasteiger partial charge in [0.2, 0.25) is 0 Å². The monoisotopic (exact) mass is 243 g/mol. The van der Waals surface area contributed by atoms with Gasteiger partial charge in [0.05, 0.1) is 24.6 Å². The van der Waals surface area contributed by atoms with Gasteiger partial charge in [-0.05, 0) is 26.0 Å². The normalized spacial score (nSPS) is 13.9. The summed E-state index contributed by atoms with van der Waals surface area (Å²) in [5.74, 6) is 0.738. The van der Waals surface area contributed by atoms with Gasteiger partial charge in [0, 0.05) is 13.1 Å². The first-order chi connectivity index (χ1) is 7.97. The van der Waals surface area contributed by atoms with Crippen LogP contribution in [0.1, 0.15) is 19.6 Å². The fourth-order valence-corrected chi connectivity index (χ4v) is 1.29.